The fourth-order valence-electron chi connectivity index (χ4n) is 8.12. The molecule has 0 spiro atoms. The highest BCUT2D eigenvalue weighted by atomic mass is 31.2. The van der Waals surface area contributed by atoms with Gasteiger partial charge in [0.15, 0.2) is 6.10 Å². The predicted molar refractivity (Wildman–Crippen MR) is 261 cm³/mol. The second kappa shape index (κ2) is 48.9. The molecule has 1 unspecified atom stereocenters. The Morgan fingerprint density at radius 2 is 0.683 bits per heavy atom. The lowest BCUT2D eigenvalue weighted by Gasteiger charge is -2.20. The number of carbonyl (C=O) groups excluding carboxylic acids is 2. The Balaban J connectivity index is 4.08. The SMILES string of the molecule is CCCCCCCCCCCCCCCCCCCCCCCCC(=O)OC[C@H](COP(=O)(O)OC[C@H](O)CO)OC(=O)CCCCCCCCCCCCCCCCCCCC. The zero-order valence-corrected chi connectivity index (χ0v) is 42.2. The van der Waals surface area contributed by atoms with Crippen molar-refractivity contribution < 1.29 is 47.8 Å². The Hall–Kier alpha value is -1.03. The highest BCUT2D eigenvalue weighted by molar-refractivity contribution is 7.47. The summed E-state index contributed by atoms with van der Waals surface area (Å²) in [4.78, 5) is 35.2. The largest absolute Gasteiger partial charge is 0.472 e. The molecule has 0 aliphatic carbocycles. The molecule has 0 aliphatic heterocycles. The Morgan fingerprint density at radius 3 is 0.984 bits per heavy atom. The molecule has 0 amide bonds. The van der Waals surface area contributed by atoms with Gasteiger partial charge < -0.3 is 24.6 Å². The normalized spacial score (nSPS) is 13.5. The maximum atomic E-state index is 12.7. The van der Waals surface area contributed by atoms with Gasteiger partial charge in [0.2, 0.25) is 0 Å². The molecular formula is C52H103O10P. The summed E-state index contributed by atoms with van der Waals surface area (Å²) >= 11 is 0. The summed E-state index contributed by atoms with van der Waals surface area (Å²) in [7, 11) is -4.62. The Labute approximate surface area is 388 Å². The summed E-state index contributed by atoms with van der Waals surface area (Å²) < 4.78 is 32.9. The Morgan fingerprint density at radius 1 is 0.413 bits per heavy atom. The summed E-state index contributed by atoms with van der Waals surface area (Å²) in [5, 5.41) is 18.4. The first-order valence-electron chi connectivity index (χ1n) is 27.0. The minimum Gasteiger partial charge on any atom is -0.462 e. The second-order valence-corrected chi connectivity index (χ2v) is 20.1. The molecule has 0 saturated carbocycles. The molecule has 0 bridgehead atoms. The van der Waals surface area contributed by atoms with Gasteiger partial charge in [-0.15, -0.1) is 0 Å². The molecular weight excluding hydrogens is 816 g/mol. The van der Waals surface area contributed by atoms with Gasteiger partial charge in [0.05, 0.1) is 19.8 Å². The van der Waals surface area contributed by atoms with Crippen LogP contribution in [0.1, 0.15) is 284 Å². The number of esters is 2. The number of ether oxygens (including phenoxy) is 2. The number of carbonyl (C=O) groups is 2. The van der Waals surface area contributed by atoms with Crippen molar-refractivity contribution in [2.75, 3.05) is 26.4 Å². The summed E-state index contributed by atoms with van der Waals surface area (Å²) in [5.41, 5.74) is 0. The van der Waals surface area contributed by atoms with Crippen LogP contribution in [0.2, 0.25) is 0 Å². The molecule has 63 heavy (non-hydrogen) atoms. The lowest BCUT2D eigenvalue weighted by atomic mass is 10.0. The van der Waals surface area contributed by atoms with E-state index in [9.17, 15) is 24.2 Å². The molecule has 0 rings (SSSR count). The van der Waals surface area contributed by atoms with Gasteiger partial charge in [-0.2, -0.15) is 0 Å². The summed E-state index contributed by atoms with van der Waals surface area (Å²) in [6, 6.07) is 0. The van der Waals surface area contributed by atoms with Gasteiger partial charge in [-0.3, -0.25) is 18.6 Å². The van der Waals surface area contributed by atoms with E-state index in [1.807, 2.05) is 0 Å². The molecule has 0 aliphatic rings. The lowest BCUT2D eigenvalue weighted by Crippen LogP contribution is -2.29. The topological polar surface area (TPSA) is 149 Å². The predicted octanol–water partition coefficient (Wildman–Crippen LogP) is 15.4. The van der Waals surface area contributed by atoms with Crippen molar-refractivity contribution in [1.29, 1.82) is 0 Å². The van der Waals surface area contributed by atoms with Crippen LogP contribution in [0, 0.1) is 0 Å². The zero-order valence-electron chi connectivity index (χ0n) is 41.3. The molecule has 0 heterocycles. The Bertz CT molecular complexity index is 1010. The number of phosphoric acid groups is 1. The van der Waals surface area contributed by atoms with E-state index in [0.717, 1.165) is 32.1 Å². The molecule has 3 N–H and O–H groups in total. The molecule has 0 aromatic heterocycles. The summed E-state index contributed by atoms with van der Waals surface area (Å²) in [6.07, 6.45) is 49.3. The van der Waals surface area contributed by atoms with E-state index in [-0.39, 0.29) is 19.4 Å². The quantitative estimate of drug-likeness (QED) is 0.0306. The average molecular weight is 919 g/mol. The maximum absolute atomic E-state index is 12.7. The molecule has 0 fully saturated rings. The van der Waals surface area contributed by atoms with Crippen LogP contribution in [0.5, 0.6) is 0 Å². The van der Waals surface area contributed by atoms with Crippen molar-refractivity contribution in [3.8, 4) is 0 Å². The number of phosphoric ester groups is 1. The van der Waals surface area contributed by atoms with Gasteiger partial charge in [0, 0.05) is 12.8 Å². The molecule has 0 saturated heterocycles. The van der Waals surface area contributed by atoms with Gasteiger partial charge in [-0.25, -0.2) is 4.57 Å². The van der Waals surface area contributed by atoms with Crippen LogP contribution in [0.25, 0.3) is 0 Å². The van der Waals surface area contributed by atoms with Crippen LogP contribution in [0.15, 0.2) is 0 Å². The van der Waals surface area contributed by atoms with Gasteiger partial charge in [-0.05, 0) is 12.8 Å². The number of hydrogen-bond acceptors (Lipinski definition) is 9. The van der Waals surface area contributed by atoms with E-state index in [2.05, 4.69) is 13.8 Å². The highest BCUT2D eigenvalue weighted by Gasteiger charge is 2.27. The Kier molecular flexibility index (Phi) is 48.1. The third-order valence-electron chi connectivity index (χ3n) is 12.3. The fourth-order valence-corrected chi connectivity index (χ4v) is 8.91. The second-order valence-electron chi connectivity index (χ2n) is 18.6. The molecule has 0 aromatic rings. The van der Waals surface area contributed by atoms with Crippen molar-refractivity contribution in [3.63, 3.8) is 0 Å². The fraction of sp³-hybridized carbons (Fsp3) is 0.962. The van der Waals surface area contributed by atoms with E-state index in [0.29, 0.717) is 12.8 Å². The monoisotopic (exact) mass is 919 g/mol. The molecule has 376 valence electrons. The van der Waals surface area contributed by atoms with Gasteiger partial charge in [-0.1, -0.05) is 258 Å². The molecule has 10 nitrogen and oxygen atoms in total. The first-order chi connectivity index (χ1) is 30.7. The summed E-state index contributed by atoms with van der Waals surface area (Å²) in [6.45, 7) is 2.46. The number of unbranched alkanes of at least 4 members (excludes halogenated alkanes) is 38. The minimum atomic E-state index is -4.62. The van der Waals surface area contributed by atoms with Crippen LogP contribution in [-0.2, 0) is 32.7 Å². The van der Waals surface area contributed by atoms with Crippen molar-refractivity contribution in [3.05, 3.63) is 0 Å². The van der Waals surface area contributed by atoms with Gasteiger partial charge >= 0.3 is 19.8 Å². The van der Waals surface area contributed by atoms with E-state index >= 15 is 0 Å². The standard InChI is InChI=1S/C52H103O10P/c1-3-5-7-9-11-13-15-17-19-21-23-24-25-26-28-29-31-33-35-37-39-41-43-51(55)59-47-50(48-61-63(57,58)60-46-49(54)45-53)62-52(56)44-42-40-38-36-34-32-30-27-22-20-18-16-14-12-10-8-6-4-2/h49-50,53-54H,3-48H2,1-2H3,(H,57,58)/t49-,50-/m1/s1. The molecule has 3 atom stereocenters. The van der Waals surface area contributed by atoms with Crippen LogP contribution in [0.3, 0.4) is 0 Å². The van der Waals surface area contributed by atoms with Crippen molar-refractivity contribution in [1.82, 2.24) is 0 Å². The van der Waals surface area contributed by atoms with E-state index in [4.69, 9.17) is 23.6 Å². The first kappa shape index (κ1) is 62.0. The summed E-state index contributed by atoms with van der Waals surface area (Å²) in [5.74, 6) is -0.901. The van der Waals surface area contributed by atoms with E-state index in [1.54, 1.807) is 0 Å². The van der Waals surface area contributed by atoms with Crippen LogP contribution < -0.4 is 0 Å². The lowest BCUT2D eigenvalue weighted by molar-refractivity contribution is -0.161. The number of rotatable bonds is 52. The first-order valence-corrected chi connectivity index (χ1v) is 28.5. The van der Waals surface area contributed by atoms with Crippen molar-refractivity contribution in [2.24, 2.45) is 0 Å². The maximum Gasteiger partial charge on any atom is 0.472 e. The molecule has 11 heteroatoms. The number of aliphatic hydroxyl groups excluding tert-OH is 2. The number of hydrogen-bond donors (Lipinski definition) is 3. The van der Waals surface area contributed by atoms with Crippen LogP contribution in [-0.4, -0.2) is 65.7 Å². The van der Waals surface area contributed by atoms with Gasteiger partial charge in [0.25, 0.3) is 0 Å². The number of aliphatic hydroxyl groups is 2. The smallest absolute Gasteiger partial charge is 0.462 e. The minimum absolute atomic E-state index is 0.193. The third kappa shape index (κ3) is 48.7. The van der Waals surface area contributed by atoms with Gasteiger partial charge in [0.1, 0.15) is 12.7 Å². The third-order valence-corrected chi connectivity index (χ3v) is 13.2. The molecule has 0 radical (unpaired) electrons. The zero-order chi connectivity index (χ0) is 46.2. The van der Waals surface area contributed by atoms with E-state index in [1.165, 1.54) is 212 Å². The van der Waals surface area contributed by atoms with Crippen LogP contribution >= 0.6 is 7.82 Å². The van der Waals surface area contributed by atoms with Crippen molar-refractivity contribution in [2.45, 2.75) is 296 Å². The molecule has 0 aromatic carbocycles. The van der Waals surface area contributed by atoms with E-state index < -0.39 is 51.8 Å². The highest BCUT2D eigenvalue weighted by Crippen LogP contribution is 2.43. The van der Waals surface area contributed by atoms with Crippen LogP contribution in [0.4, 0.5) is 0 Å². The van der Waals surface area contributed by atoms with Crippen molar-refractivity contribution >= 4 is 19.8 Å². The average Bonchev–Trinajstić information content (AvgIpc) is 3.27.